The maximum atomic E-state index is 12.6. The molecule has 0 saturated carbocycles. The monoisotopic (exact) mass is 309 g/mol. The lowest BCUT2D eigenvalue weighted by Gasteiger charge is -2.18. The van der Waals surface area contributed by atoms with E-state index in [1.54, 1.807) is 30.7 Å². The fraction of sp³-hybridized carbons (Fsp3) is 0.385. The molecule has 0 aliphatic heterocycles. The zero-order valence-corrected chi connectivity index (χ0v) is 12.9. The van der Waals surface area contributed by atoms with Gasteiger partial charge in [-0.1, -0.05) is 6.92 Å². The molecule has 0 bridgehead atoms. The minimum atomic E-state index is -3.63. The third-order valence-electron chi connectivity index (χ3n) is 2.93. The van der Waals surface area contributed by atoms with Crippen LogP contribution in [-0.2, 0) is 16.6 Å². The molecular weight excluding hydrogens is 290 g/mol. The van der Waals surface area contributed by atoms with Gasteiger partial charge in [0.15, 0.2) is 0 Å². The molecule has 2 aromatic heterocycles. The summed E-state index contributed by atoms with van der Waals surface area (Å²) >= 11 is 0. The molecular formula is C13H19N5O2S. The lowest BCUT2D eigenvalue weighted by atomic mass is 10.4. The molecule has 0 radical (unpaired) electrons. The Morgan fingerprint density at radius 1 is 1.33 bits per heavy atom. The zero-order valence-electron chi connectivity index (χ0n) is 12.1. The summed E-state index contributed by atoms with van der Waals surface area (Å²) in [5.41, 5.74) is 0. The summed E-state index contributed by atoms with van der Waals surface area (Å²) < 4.78 is 26.5. The first kappa shape index (κ1) is 15.5. The van der Waals surface area contributed by atoms with Gasteiger partial charge < -0.3 is 10.3 Å². The summed E-state index contributed by atoms with van der Waals surface area (Å²) in [5.74, 6) is 0.971. The molecule has 7 nitrogen and oxygen atoms in total. The van der Waals surface area contributed by atoms with Gasteiger partial charge >= 0.3 is 0 Å². The van der Waals surface area contributed by atoms with Gasteiger partial charge in [-0.05, 0) is 18.6 Å². The highest BCUT2D eigenvalue weighted by Gasteiger charge is 2.25. The molecule has 0 saturated heterocycles. The second-order valence-electron chi connectivity index (χ2n) is 4.57. The van der Waals surface area contributed by atoms with E-state index in [1.165, 1.54) is 11.4 Å². The van der Waals surface area contributed by atoms with E-state index in [0.717, 1.165) is 6.42 Å². The van der Waals surface area contributed by atoms with Crippen molar-refractivity contribution < 1.29 is 8.42 Å². The van der Waals surface area contributed by atoms with Gasteiger partial charge in [-0.15, -0.1) is 0 Å². The van der Waals surface area contributed by atoms with Gasteiger partial charge in [0.25, 0.3) is 0 Å². The predicted molar refractivity (Wildman–Crippen MR) is 80.3 cm³/mol. The minimum absolute atomic E-state index is 0.174. The number of imidazole rings is 1. The number of hydrogen-bond acceptors (Lipinski definition) is 5. The minimum Gasteiger partial charge on any atom is -0.369 e. The van der Waals surface area contributed by atoms with Crippen molar-refractivity contribution in [2.75, 3.05) is 18.9 Å². The lowest BCUT2D eigenvalue weighted by molar-refractivity contribution is 0.458. The van der Waals surface area contributed by atoms with Gasteiger partial charge in [-0.25, -0.2) is 18.4 Å². The first-order valence-corrected chi connectivity index (χ1v) is 8.13. The number of aromatic nitrogens is 3. The number of nitrogens with one attached hydrogen (secondary N) is 2. The third kappa shape index (κ3) is 3.59. The summed E-state index contributed by atoms with van der Waals surface area (Å²) in [4.78, 5) is 11.2. The Hall–Kier alpha value is -1.93. The van der Waals surface area contributed by atoms with E-state index in [1.807, 2.05) is 6.92 Å². The largest absolute Gasteiger partial charge is 0.369 e. The van der Waals surface area contributed by atoms with E-state index in [-0.39, 0.29) is 11.4 Å². The lowest BCUT2D eigenvalue weighted by Crippen LogP contribution is -2.28. The van der Waals surface area contributed by atoms with Crippen LogP contribution in [0.5, 0.6) is 0 Å². The topological polar surface area (TPSA) is 91.0 Å². The van der Waals surface area contributed by atoms with Crippen LogP contribution in [0.15, 0.2) is 35.6 Å². The number of rotatable bonds is 7. The van der Waals surface area contributed by atoms with Crippen molar-refractivity contribution in [1.29, 1.82) is 0 Å². The summed E-state index contributed by atoms with van der Waals surface area (Å²) in [7, 11) is -2.11. The fourth-order valence-electron chi connectivity index (χ4n) is 1.82. The van der Waals surface area contributed by atoms with Crippen molar-refractivity contribution in [3.63, 3.8) is 0 Å². The molecule has 8 heteroatoms. The van der Waals surface area contributed by atoms with E-state index < -0.39 is 10.0 Å². The van der Waals surface area contributed by atoms with Crippen LogP contribution in [0.1, 0.15) is 19.2 Å². The van der Waals surface area contributed by atoms with E-state index in [9.17, 15) is 8.42 Å². The molecule has 0 fully saturated rings. The highest BCUT2D eigenvalue weighted by molar-refractivity contribution is 7.89. The van der Waals surface area contributed by atoms with Crippen molar-refractivity contribution in [1.82, 2.24) is 19.3 Å². The number of nitrogens with zero attached hydrogens (tertiary/aromatic N) is 3. The molecule has 0 amide bonds. The van der Waals surface area contributed by atoms with Crippen molar-refractivity contribution in [3.05, 3.63) is 36.5 Å². The molecule has 0 aliphatic rings. The van der Waals surface area contributed by atoms with Crippen molar-refractivity contribution >= 4 is 15.8 Å². The Bertz CT molecular complexity index is 670. The number of anilines is 1. The average molecular weight is 309 g/mol. The van der Waals surface area contributed by atoms with E-state index in [0.29, 0.717) is 18.2 Å². The van der Waals surface area contributed by atoms with Gasteiger partial charge in [0.2, 0.25) is 10.0 Å². The predicted octanol–water partition coefficient (Wildman–Crippen LogP) is 1.45. The molecule has 2 aromatic rings. The van der Waals surface area contributed by atoms with Crippen molar-refractivity contribution in [2.45, 2.75) is 24.8 Å². The second-order valence-corrected chi connectivity index (χ2v) is 6.59. The molecule has 21 heavy (non-hydrogen) atoms. The average Bonchev–Trinajstić information content (AvgIpc) is 2.98. The summed E-state index contributed by atoms with van der Waals surface area (Å²) in [6.45, 7) is 2.85. The number of aromatic amines is 1. The quantitative estimate of drug-likeness (QED) is 0.807. The first-order chi connectivity index (χ1) is 10.1. The van der Waals surface area contributed by atoms with Crippen LogP contribution in [0.4, 0.5) is 5.82 Å². The first-order valence-electron chi connectivity index (χ1n) is 6.69. The van der Waals surface area contributed by atoms with Crippen molar-refractivity contribution in [2.24, 2.45) is 0 Å². The summed E-state index contributed by atoms with van der Waals surface area (Å²) in [6, 6.07) is 3.17. The highest BCUT2D eigenvalue weighted by Crippen LogP contribution is 2.22. The Kier molecular flexibility index (Phi) is 4.92. The molecule has 0 unspecified atom stereocenters. The maximum absolute atomic E-state index is 12.6. The number of H-pyrrole nitrogens is 1. The van der Waals surface area contributed by atoms with Crippen LogP contribution >= 0.6 is 0 Å². The SMILES string of the molecule is CCCNc1ncccc1S(=O)(=O)N(C)Cc1ncc[nH]1. The van der Waals surface area contributed by atoms with Gasteiger partial charge in [0.1, 0.15) is 16.5 Å². The molecule has 0 aliphatic carbocycles. The van der Waals surface area contributed by atoms with E-state index in [4.69, 9.17) is 0 Å². The molecule has 2 heterocycles. The third-order valence-corrected chi connectivity index (χ3v) is 4.76. The van der Waals surface area contributed by atoms with Crippen LogP contribution in [0.25, 0.3) is 0 Å². The smallest absolute Gasteiger partial charge is 0.246 e. The highest BCUT2D eigenvalue weighted by atomic mass is 32.2. The van der Waals surface area contributed by atoms with E-state index in [2.05, 4.69) is 20.3 Å². The van der Waals surface area contributed by atoms with E-state index >= 15 is 0 Å². The second kappa shape index (κ2) is 6.68. The van der Waals surface area contributed by atoms with Gasteiger partial charge in [-0.2, -0.15) is 4.31 Å². The number of hydrogen-bond donors (Lipinski definition) is 2. The fourth-order valence-corrected chi connectivity index (χ4v) is 3.07. The summed E-state index contributed by atoms with van der Waals surface area (Å²) in [5, 5.41) is 3.04. The zero-order chi connectivity index (χ0) is 15.3. The normalized spacial score (nSPS) is 11.8. The molecule has 0 atom stereocenters. The van der Waals surface area contributed by atoms with Crippen LogP contribution in [-0.4, -0.2) is 41.3 Å². The molecule has 0 aromatic carbocycles. The Morgan fingerprint density at radius 3 is 2.81 bits per heavy atom. The molecule has 114 valence electrons. The summed E-state index contributed by atoms with van der Waals surface area (Å²) in [6.07, 6.45) is 5.71. The van der Waals surface area contributed by atoms with Crippen LogP contribution in [0.3, 0.4) is 0 Å². The molecule has 2 N–H and O–H groups in total. The van der Waals surface area contributed by atoms with Crippen LogP contribution in [0, 0.1) is 0 Å². The van der Waals surface area contributed by atoms with Gasteiger partial charge in [0.05, 0.1) is 6.54 Å². The molecule has 2 rings (SSSR count). The van der Waals surface area contributed by atoms with Gasteiger partial charge in [-0.3, -0.25) is 0 Å². The Labute approximate surface area is 124 Å². The Balaban J connectivity index is 2.26. The standard InChI is InChI=1S/C13H19N5O2S/c1-3-6-16-13-11(5-4-7-17-13)21(19,20)18(2)10-12-14-8-9-15-12/h4-5,7-9H,3,6,10H2,1-2H3,(H,14,15)(H,16,17). The number of pyridine rings is 1. The van der Waals surface area contributed by atoms with Gasteiger partial charge in [0, 0.05) is 32.2 Å². The van der Waals surface area contributed by atoms with Crippen LogP contribution < -0.4 is 5.32 Å². The maximum Gasteiger partial charge on any atom is 0.246 e. The van der Waals surface area contributed by atoms with Crippen molar-refractivity contribution in [3.8, 4) is 0 Å². The molecule has 0 spiro atoms. The van der Waals surface area contributed by atoms with Crippen LogP contribution in [0.2, 0.25) is 0 Å². The Morgan fingerprint density at radius 2 is 2.14 bits per heavy atom. The number of sulfonamides is 1.